The van der Waals surface area contributed by atoms with Gasteiger partial charge in [0.2, 0.25) is 0 Å². The minimum absolute atomic E-state index is 0.0813. The average molecular weight is 410 g/mol. The van der Waals surface area contributed by atoms with Gasteiger partial charge in [0.05, 0.1) is 19.3 Å². The van der Waals surface area contributed by atoms with Crippen molar-refractivity contribution < 1.29 is 14.6 Å². The molecular weight excluding hydrogens is 378 g/mol. The number of amides is 1. The number of carbonyl (C=O) groups excluding carboxylic acids is 1. The number of hydrogen-bond donors (Lipinski definition) is 2. The molecule has 1 aromatic carbocycles. The molecule has 2 N–H and O–H groups in total. The number of aromatic nitrogens is 1. The maximum Gasteiger partial charge on any atom is 0.251 e. The molecule has 30 heavy (non-hydrogen) atoms. The largest absolute Gasteiger partial charge is 0.391 e. The van der Waals surface area contributed by atoms with Crippen molar-refractivity contribution >= 4 is 5.91 Å². The summed E-state index contributed by atoms with van der Waals surface area (Å²) >= 11 is 0. The molecule has 1 aromatic heterocycles. The van der Waals surface area contributed by atoms with Crippen molar-refractivity contribution in [3.05, 3.63) is 66.0 Å². The van der Waals surface area contributed by atoms with Crippen LogP contribution in [0.2, 0.25) is 0 Å². The third-order valence-electron chi connectivity index (χ3n) is 6.71. The van der Waals surface area contributed by atoms with Gasteiger partial charge in [0.15, 0.2) is 0 Å². The van der Waals surface area contributed by atoms with E-state index in [9.17, 15) is 9.90 Å². The van der Waals surface area contributed by atoms with Crippen molar-refractivity contribution in [1.29, 1.82) is 0 Å². The Morgan fingerprint density at radius 3 is 2.53 bits per heavy atom. The number of aliphatic hydroxyl groups excluding tert-OH is 1. The van der Waals surface area contributed by atoms with Crippen LogP contribution in [0.4, 0.5) is 0 Å². The van der Waals surface area contributed by atoms with Gasteiger partial charge in [0, 0.05) is 49.0 Å². The van der Waals surface area contributed by atoms with Crippen LogP contribution in [0.3, 0.4) is 0 Å². The van der Waals surface area contributed by atoms with Crippen LogP contribution < -0.4 is 5.32 Å². The molecule has 0 bridgehead atoms. The molecule has 0 unspecified atom stereocenters. The van der Waals surface area contributed by atoms with E-state index in [-0.39, 0.29) is 23.5 Å². The molecule has 2 aliphatic rings. The Hall–Kier alpha value is -2.28. The molecule has 0 spiro atoms. The van der Waals surface area contributed by atoms with E-state index < -0.39 is 0 Å². The Labute approximate surface area is 178 Å². The molecule has 1 saturated heterocycles. The lowest BCUT2D eigenvalue weighted by Crippen LogP contribution is -2.48. The number of ether oxygens (including phenoxy) is 1. The summed E-state index contributed by atoms with van der Waals surface area (Å²) in [4.78, 5) is 19.1. The highest BCUT2D eigenvalue weighted by Gasteiger charge is 2.40. The van der Waals surface area contributed by atoms with Gasteiger partial charge in [-0.2, -0.15) is 0 Å². The zero-order valence-corrected chi connectivity index (χ0v) is 17.4. The lowest BCUT2D eigenvalue weighted by atomic mass is 9.74. The molecule has 0 radical (unpaired) electrons. The van der Waals surface area contributed by atoms with Gasteiger partial charge in [-0.1, -0.05) is 30.3 Å². The third-order valence-corrected chi connectivity index (χ3v) is 6.71. The Kier molecular flexibility index (Phi) is 6.77. The molecule has 2 aromatic rings. The molecule has 6 heteroatoms. The fourth-order valence-corrected chi connectivity index (χ4v) is 4.91. The van der Waals surface area contributed by atoms with E-state index in [1.165, 1.54) is 5.56 Å². The first kappa shape index (κ1) is 21.0. The van der Waals surface area contributed by atoms with Crippen molar-refractivity contribution in [2.24, 2.45) is 0 Å². The Balaban J connectivity index is 1.53. The van der Waals surface area contributed by atoms with Gasteiger partial charge in [-0.3, -0.25) is 14.7 Å². The second kappa shape index (κ2) is 9.69. The zero-order valence-electron chi connectivity index (χ0n) is 17.4. The van der Waals surface area contributed by atoms with Gasteiger partial charge in [0.1, 0.15) is 0 Å². The molecule has 2 fully saturated rings. The molecule has 2 heterocycles. The predicted molar refractivity (Wildman–Crippen MR) is 115 cm³/mol. The van der Waals surface area contributed by atoms with E-state index in [0.717, 1.165) is 52.0 Å². The van der Waals surface area contributed by atoms with Gasteiger partial charge in [-0.15, -0.1) is 0 Å². The lowest BCUT2D eigenvalue weighted by Gasteiger charge is -2.37. The highest BCUT2D eigenvalue weighted by Crippen LogP contribution is 2.39. The number of benzene rings is 1. The van der Waals surface area contributed by atoms with Crippen LogP contribution in [0.1, 0.15) is 41.6 Å². The van der Waals surface area contributed by atoms with Crippen LogP contribution in [0, 0.1) is 0 Å². The number of aliphatic hydroxyl groups is 1. The minimum Gasteiger partial charge on any atom is -0.391 e. The molecule has 6 nitrogen and oxygen atoms in total. The average Bonchev–Trinajstić information content (AvgIpc) is 2.99. The highest BCUT2D eigenvalue weighted by atomic mass is 16.5. The Morgan fingerprint density at radius 2 is 1.80 bits per heavy atom. The third kappa shape index (κ3) is 4.72. The second-order valence-electron chi connectivity index (χ2n) is 8.43. The first-order valence-corrected chi connectivity index (χ1v) is 10.9. The van der Waals surface area contributed by atoms with Crippen molar-refractivity contribution in [3.63, 3.8) is 0 Å². The fraction of sp³-hybridized carbons (Fsp3) is 0.500. The van der Waals surface area contributed by atoms with Gasteiger partial charge in [-0.05, 0) is 43.4 Å². The minimum atomic E-state index is -0.357. The number of nitrogens with zero attached hydrogens (tertiary/aromatic N) is 2. The summed E-state index contributed by atoms with van der Waals surface area (Å²) in [5, 5.41) is 14.1. The summed E-state index contributed by atoms with van der Waals surface area (Å²) in [5.41, 5.74) is 1.66. The molecule has 1 aliphatic carbocycles. The summed E-state index contributed by atoms with van der Waals surface area (Å²) in [6, 6.07) is 14.1. The van der Waals surface area contributed by atoms with E-state index in [4.69, 9.17) is 4.74 Å². The van der Waals surface area contributed by atoms with Crippen LogP contribution >= 0.6 is 0 Å². The van der Waals surface area contributed by atoms with Crippen LogP contribution in [-0.4, -0.2) is 65.9 Å². The molecule has 1 amide bonds. The second-order valence-corrected chi connectivity index (χ2v) is 8.43. The standard InChI is InChI=1S/C24H31N3O3/c28-22-7-11-24(20-4-2-1-3-5-20,10-6-21(22)27-14-16-30-17-15-27)18-26-23(29)19-8-12-25-13-9-19/h1-5,8-9,12-13,21-22,28H,6-7,10-11,14-18H2,(H,26,29)/t21-,22-,24+/m0/s1. The first-order valence-electron chi connectivity index (χ1n) is 10.9. The Morgan fingerprint density at radius 1 is 1.10 bits per heavy atom. The topological polar surface area (TPSA) is 74.7 Å². The molecule has 1 saturated carbocycles. The maximum atomic E-state index is 12.7. The van der Waals surface area contributed by atoms with E-state index in [1.807, 2.05) is 6.07 Å². The summed E-state index contributed by atoms with van der Waals surface area (Å²) in [6.45, 7) is 3.77. The SMILES string of the molecule is O=C(NC[C@]1(c2ccccc2)CC[C@H](O)[C@@H](N2CCOCC2)CC1)c1ccncc1. The Bertz CT molecular complexity index is 811. The molecule has 3 atom stereocenters. The predicted octanol–water partition coefficient (Wildman–Crippen LogP) is 2.39. The van der Waals surface area contributed by atoms with E-state index in [2.05, 4.69) is 39.5 Å². The smallest absolute Gasteiger partial charge is 0.251 e. The van der Waals surface area contributed by atoms with Gasteiger partial charge < -0.3 is 15.2 Å². The van der Waals surface area contributed by atoms with Gasteiger partial charge in [0.25, 0.3) is 5.91 Å². The van der Waals surface area contributed by atoms with Crippen molar-refractivity contribution in [2.45, 2.75) is 43.2 Å². The molecule has 1 aliphatic heterocycles. The first-order chi connectivity index (χ1) is 14.7. The number of rotatable bonds is 5. The molecule has 160 valence electrons. The quantitative estimate of drug-likeness (QED) is 0.742. The van der Waals surface area contributed by atoms with Crippen LogP contribution in [0.15, 0.2) is 54.9 Å². The monoisotopic (exact) mass is 409 g/mol. The van der Waals surface area contributed by atoms with Crippen LogP contribution in [-0.2, 0) is 10.2 Å². The number of carbonyl (C=O) groups is 1. The van der Waals surface area contributed by atoms with Gasteiger partial charge in [-0.25, -0.2) is 0 Å². The maximum absolute atomic E-state index is 12.7. The summed E-state index contributed by atoms with van der Waals surface area (Å²) in [5.74, 6) is -0.0813. The number of morpholine rings is 1. The van der Waals surface area contributed by atoms with E-state index in [0.29, 0.717) is 12.1 Å². The van der Waals surface area contributed by atoms with E-state index >= 15 is 0 Å². The fourth-order valence-electron chi connectivity index (χ4n) is 4.91. The normalized spacial score (nSPS) is 27.9. The summed E-state index contributed by atoms with van der Waals surface area (Å²) in [7, 11) is 0. The summed E-state index contributed by atoms with van der Waals surface area (Å²) < 4.78 is 5.50. The van der Waals surface area contributed by atoms with Crippen molar-refractivity contribution in [3.8, 4) is 0 Å². The van der Waals surface area contributed by atoms with E-state index in [1.54, 1.807) is 24.5 Å². The van der Waals surface area contributed by atoms with Crippen molar-refractivity contribution in [2.75, 3.05) is 32.8 Å². The highest BCUT2D eigenvalue weighted by molar-refractivity contribution is 5.94. The number of hydrogen-bond acceptors (Lipinski definition) is 5. The van der Waals surface area contributed by atoms with Crippen LogP contribution in [0.25, 0.3) is 0 Å². The lowest BCUT2D eigenvalue weighted by molar-refractivity contribution is -0.0236. The van der Waals surface area contributed by atoms with Crippen molar-refractivity contribution in [1.82, 2.24) is 15.2 Å². The molecule has 4 rings (SSSR count). The van der Waals surface area contributed by atoms with Gasteiger partial charge >= 0.3 is 0 Å². The summed E-state index contributed by atoms with van der Waals surface area (Å²) in [6.07, 6.45) is 6.31. The molecular formula is C24H31N3O3. The number of pyridine rings is 1. The number of nitrogens with one attached hydrogen (secondary N) is 1. The van der Waals surface area contributed by atoms with Crippen LogP contribution in [0.5, 0.6) is 0 Å². The zero-order chi connectivity index (χ0) is 20.8.